The Hall–Kier alpha value is -4.01. The summed E-state index contributed by atoms with van der Waals surface area (Å²) in [4.78, 5) is 43.7. The van der Waals surface area contributed by atoms with E-state index in [4.69, 9.17) is 0 Å². The molecule has 4 heterocycles. The predicted octanol–water partition coefficient (Wildman–Crippen LogP) is 1.52. The molecule has 3 aromatic heterocycles. The van der Waals surface area contributed by atoms with E-state index in [1.165, 1.54) is 4.68 Å². The molecule has 1 aliphatic heterocycles. The zero-order chi connectivity index (χ0) is 22.9. The topological polar surface area (TPSA) is 102 Å². The molecule has 9 heteroatoms. The quantitative estimate of drug-likeness (QED) is 0.486. The third kappa shape index (κ3) is 3.97. The smallest absolute Gasteiger partial charge is 0.350 e. The van der Waals surface area contributed by atoms with Crippen molar-refractivity contribution in [3.8, 4) is 0 Å². The van der Waals surface area contributed by atoms with E-state index in [0.717, 1.165) is 22.0 Å². The molecule has 0 spiro atoms. The van der Waals surface area contributed by atoms with Crippen molar-refractivity contribution in [1.82, 2.24) is 29.4 Å². The van der Waals surface area contributed by atoms with Crippen LogP contribution in [0.2, 0.25) is 0 Å². The Morgan fingerprint density at radius 3 is 2.85 bits per heavy atom. The monoisotopic (exact) mass is 444 g/mol. The number of likely N-dealkylation sites (tertiary alicyclic amines) is 1. The number of nitrogens with one attached hydrogen (secondary N) is 1. The fourth-order valence-electron chi connectivity index (χ4n) is 4.38. The molecule has 1 N–H and O–H groups in total. The number of aromatic nitrogens is 4. The minimum Gasteiger partial charge on any atom is -0.354 e. The number of hydrogen-bond donors (Lipinski definition) is 1. The Morgan fingerprint density at radius 2 is 2.03 bits per heavy atom. The van der Waals surface area contributed by atoms with E-state index in [1.54, 1.807) is 21.7 Å². The van der Waals surface area contributed by atoms with Gasteiger partial charge >= 0.3 is 5.69 Å². The molecule has 168 valence electrons. The van der Waals surface area contributed by atoms with Crippen LogP contribution in [0.15, 0.2) is 59.7 Å². The fourth-order valence-corrected chi connectivity index (χ4v) is 4.38. The van der Waals surface area contributed by atoms with Gasteiger partial charge in [0.1, 0.15) is 0 Å². The average molecular weight is 444 g/mol. The molecule has 33 heavy (non-hydrogen) atoms. The van der Waals surface area contributed by atoms with E-state index in [-0.39, 0.29) is 37.0 Å². The van der Waals surface area contributed by atoms with E-state index in [0.29, 0.717) is 18.7 Å². The van der Waals surface area contributed by atoms with Gasteiger partial charge in [0.05, 0.1) is 18.0 Å². The standard InChI is InChI=1S/C24H24N6O3/c1-16-11-18-6-2-3-7-20(18)30-22(16)27-29(24(30)33)10-9-26-23(32)19-12-21(31)28(15-19)14-17-5-4-8-25-13-17/h2-8,11,13,19H,9-10,12,14-15H2,1H3,(H,26,32)/t19-/m1/s1. The summed E-state index contributed by atoms with van der Waals surface area (Å²) < 4.78 is 2.99. The van der Waals surface area contributed by atoms with Gasteiger partial charge in [0.2, 0.25) is 11.8 Å². The summed E-state index contributed by atoms with van der Waals surface area (Å²) in [5.74, 6) is -0.633. The average Bonchev–Trinajstić information content (AvgIpc) is 3.35. The second-order valence-electron chi connectivity index (χ2n) is 8.38. The molecule has 9 nitrogen and oxygen atoms in total. The maximum atomic E-state index is 13.0. The second-order valence-corrected chi connectivity index (χ2v) is 8.38. The van der Waals surface area contributed by atoms with Crippen molar-refractivity contribution < 1.29 is 9.59 Å². The first-order valence-corrected chi connectivity index (χ1v) is 10.9. The number of nitrogens with zero attached hydrogens (tertiary/aromatic N) is 5. The van der Waals surface area contributed by atoms with Crippen LogP contribution < -0.4 is 11.0 Å². The van der Waals surface area contributed by atoms with Crippen LogP contribution in [0.1, 0.15) is 17.5 Å². The van der Waals surface area contributed by atoms with E-state index in [9.17, 15) is 14.4 Å². The Labute approximate surface area is 189 Å². The molecule has 1 saturated heterocycles. The maximum Gasteiger partial charge on any atom is 0.350 e. The molecule has 0 radical (unpaired) electrons. The van der Waals surface area contributed by atoms with Gasteiger partial charge in [-0.3, -0.25) is 14.6 Å². The van der Waals surface area contributed by atoms with Crippen LogP contribution >= 0.6 is 0 Å². The Kier molecular flexibility index (Phi) is 5.37. The summed E-state index contributed by atoms with van der Waals surface area (Å²) in [6.45, 7) is 3.25. The highest BCUT2D eigenvalue weighted by Gasteiger charge is 2.34. The third-order valence-corrected chi connectivity index (χ3v) is 6.05. The van der Waals surface area contributed by atoms with Gasteiger partial charge in [-0.25, -0.2) is 13.9 Å². The zero-order valence-corrected chi connectivity index (χ0v) is 18.3. The molecule has 0 saturated carbocycles. The lowest BCUT2D eigenvalue weighted by Gasteiger charge is -2.16. The van der Waals surface area contributed by atoms with E-state index in [2.05, 4.69) is 15.4 Å². The highest BCUT2D eigenvalue weighted by atomic mass is 16.2. The molecule has 4 aromatic rings. The van der Waals surface area contributed by atoms with E-state index >= 15 is 0 Å². The molecule has 0 unspecified atom stereocenters. The summed E-state index contributed by atoms with van der Waals surface area (Å²) in [5.41, 5.74) is 3.01. The fraction of sp³-hybridized carbons (Fsp3) is 0.292. The SMILES string of the molecule is Cc1cc2ccccc2n2c(=O)n(CCNC(=O)[C@@H]3CC(=O)N(Cc4cccnc4)C3)nc12. The lowest BCUT2D eigenvalue weighted by Crippen LogP contribution is -2.36. The Morgan fingerprint density at radius 1 is 1.18 bits per heavy atom. The summed E-state index contributed by atoms with van der Waals surface area (Å²) in [6, 6.07) is 13.4. The van der Waals surface area contributed by atoms with Gasteiger partial charge in [0, 0.05) is 38.4 Å². The zero-order valence-electron chi connectivity index (χ0n) is 18.3. The number of benzene rings is 1. The number of carbonyl (C=O) groups excluding carboxylic acids is 2. The van der Waals surface area contributed by atoms with Crippen molar-refractivity contribution >= 4 is 28.4 Å². The number of carbonyl (C=O) groups is 2. The molecule has 0 bridgehead atoms. The van der Waals surface area contributed by atoms with Gasteiger partial charge in [-0.2, -0.15) is 0 Å². The number of pyridine rings is 2. The van der Waals surface area contributed by atoms with Crippen LogP contribution in [-0.2, 0) is 22.7 Å². The molecule has 1 aliphatic rings. The van der Waals surface area contributed by atoms with Crippen molar-refractivity contribution in [3.05, 3.63) is 76.5 Å². The molecule has 1 fully saturated rings. The molecule has 1 atom stereocenters. The van der Waals surface area contributed by atoms with Crippen LogP contribution in [0.3, 0.4) is 0 Å². The summed E-state index contributed by atoms with van der Waals surface area (Å²) in [7, 11) is 0. The molecule has 2 amide bonds. The van der Waals surface area contributed by atoms with E-state index < -0.39 is 5.92 Å². The van der Waals surface area contributed by atoms with Crippen molar-refractivity contribution in [2.45, 2.75) is 26.4 Å². The summed E-state index contributed by atoms with van der Waals surface area (Å²) >= 11 is 0. The summed E-state index contributed by atoms with van der Waals surface area (Å²) in [5, 5.41) is 8.31. The van der Waals surface area contributed by atoms with Gasteiger partial charge in [0.15, 0.2) is 5.65 Å². The summed E-state index contributed by atoms with van der Waals surface area (Å²) in [6.07, 6.45) is 3.59. The number of rotatable bonds is 6. The van der Waals surface area contributed by atoms with E-state index in [1.807, 2.05) is 49.4 Å². The number of amides is 2. The van der Waals surface area contributed by atoms with Gasteiger partial charge in [-0.1, -0.05) is 24.3 Å². The lowest BCUT2D eigenvalue weighted by molar-refractivity contribution is -0.129. The normalized spacial score (nSPS) is 16.1. The Bertz CT molecular complexity index is 1410. The second kappa shape index (κ2) is 8.50. The van der Waals surface area contributed by atoms with Crippen LogP contribution in [0, 0.1) is 12.8 Å². The maximum absolute atomic E-state index is 13.0. The number of fused-ring (bicyclic) bond motifs is 3. The largest absolute Gasteiger partial charge is 0.354 e. The molecular weight excluding hydrogens is 420 g/mol. The molecular formula is C24H24N6O3. The minimum atomic E-state index is -0.404. The van der Waals surface area contributed by atoms with Gasteiger partial charge in [0.25, 0.3) is 0 Å². The third-order valence-electron chi connectivity index (χ3n) is 6.05. The number of aryl methyl sites for hydroxylation is 1. The molecule has 1 aromatic carbocycles. The van der Waals surface area contributed by atoms with Gasteiger partial charge < -0.3 is 10.2 Å². The van der Waals surface area contributed by atoms with Crippen LogP contribution in [-0.4, -0.2) is 49.0 Å². The number of hydrogen-bond acceptors (Lipinski definition) is 5. The van der Waals surface area contributed by atoms with Crippen molar-refractivity contribution in [3.63, 3.8) is 0 Å². The van der Waals surface area contributed by atoms with Crippen LogP contribution in [0.4, 0.5) is 0 Å². The van der Waals surface area contributed by atoms with Gasteiger partial charge in [-0.05, 0) is 41.6 Å². The first-order valence-electron chi connectivity index (χ1n) is 10.9. The lowest BCUT2D eigenvalue weighted by atomic mass is 10.1. The highest BCUT2D eigenvalue weighted by Crippen LogP contribution is 2.20. The first-order chi connectivity index (χ1) is 16.0. The predicted molar refractivity (Wildman–Crippen MR) is 122 cm³/mol. The van der Waals surface area contributed by atoms with Crippen LogP contribution in [0.25, 0.3) is 16.6 Å². The highest BCUT2D eigenvalue weighted by molar-refractivity contribution is 5.89. The number of para-hydroxylation sites is 1. The first kappa shape index (κ1) is 20.9. The van der Waals surface area contributed by atoms with Crippen LogP contribution in [0.5, 0.6) is 0 Å². The van der Waals surface area contributed by atoms with Crippen molar-refractivity contribution in [1.29, 1.82) is 0 Å². The van der Waals surface area contributed by atoms with Gasteiger partial charge in [-0.15, -0.1) is 5.10 Å². The minimum absolute atomic E-state index is 0.0436. The molecule has 0 aliphatic carbocycles. The van der Waals surface area contributed by atoms with Crippen molar-refractivity contribution in [2.75, 3.05) is 13.1 Å². The molecule has 5 rings (SSSR count). The van der Waals surface area contributed by atoms with Crippen molar-refractivity contribution in [2.24, 2.45) is 5.92 Å². The Balaban J connectivity index is 1.24.